The highest BCUT2D eigenvalue weighted by Gasteiger charge is 2.20. The van der Waals surface area contributed by atoms with Gasteiger partial charge in [-0.25, -0.2) is 0 Å². The van der Waals surface area contributed by atoms with Gasteiger partial charge in [-0.05, 0) is 37.1 Å². The Morgan fingerprint density at radius 2 is 1.85 bits per heavy atom. The van der Waals surface area contributed by atoms with Crippen molar-refractivity contribution in [3.63, 3.8) is 0 Å². The van der Waals surface area contributed by atoms with Crippen LogP contribution in [0.2, 0.25) is 0 Å². The van der Waals surface area contributed by atoms with Crippen LogP contribution in [0.3, 0.4) is 0 Å². The van der Waals surface area contributed by atoms with Crippen molar-refractivity contribution in [2.75, 3.05) is 11.9 Å². The molecule has 1 unspecified atom stereocenters. The fraction of sp³-hybridized carbons (Fsp3) is 0.467. The summed E-state index contributed by atoms with van der Waals surface area (Å²) in [4.78, 5) is 22.9. The van der Waals surface area contributed by atoms with Gasteiger partial charge < -0.3 is 15.7 Å². The van der Waals surface area contributed by atoms with Crippen LogP contribution in [0, 0.1) is 0 Å². The van der Waals surface area contributed by atoms with E-state index in [0.29, 0.717) is 12.2 Å². The average molecular weight is 278 g/mol. The Balaban J connectivity index is 2.53. The van der Waals surface area contributed by atoms with Gasteiger partial charge in [-0.2, -0.15) is 0 Å². The number of hydrogen-bond donors (Lipinski definition) is 3. The second kappa shape index (κ2) is 8.32. The molecule has 1 aromatic carbocycles. The molecule has 0 saturated carbocycles. The first-order valence-corrected chi connectivity index (χ1v) is 6.91. The summed E-state index contributed by atoms with van der Waals surface area (Å²) in [5.74, 6) is -1.31. The van der Waals surface area contributed by atoms with Crippen molar-refractivity contribution in [3.8, 4) is 0 Å². The minimum Gasteiger partial charge on any atom is -0.480 e. The van der Waals surface area contributed by atoms with Gasteiger partial charge in [0.25, 0.3) is 0 Å². The topological polar surface area (TPSA) is 78.4 Å². The molecule has 0 fully saturated rings. The van der Waals surface area contributed by atoms with E-state index in [0.717, 1.165) is 12.8 Å². The zero-order valence-electron chi connectivity index (χ0n) is 12.0. The molecule has 5 heteroatoms. The lowest BCUT2D eigenvalue weighted by molar-refractivity contribution is -0.141. The van der Waals surface area contributed by atoms with Gasteiger partial charge in [0.2, 0.25) is 5.91 Å². The first kappa shape index (κ1) is 16.2. The maximum Gasteiger partial charge on any atom is 0.321 e. The molecule has 110 valence electrons. The van der Waals surface area contributed by atoms with E-state index in [4.69, 9.17) is 5.11 Å². The van der Waals surface area contributed by atoms with Gasteiger partial charge >= 0.3 is 5.97 Å². The number of nitrogens with one attached hydrogen (secondary N) is 2. The summed E-state index contributed by atoms with van der Waals surface area (Å²) in [5.41, 5.74) is 1.88. The fourth-order valence-corrected chi connectivity index (χ4v) is 1.79. The molecule has 0 heterocycles. The number of aliphatic carboxylic acids is 1. The Morgan fingerprint density at radius 1 is 1.20 bits per heavy atom. The molecule has 0 aromatic heterocycles. The minimum absolute atomic E-state index is 0.0785. The van der Waals surface area contributed by atoms with Gasteiger partial charge in [0.1, 0.15) is 6.04 Å². The monoisotopic (exact) mass is 278 g/mol. The number of aryl methyl sites for hydroxylation is 1. The van der Waals surface area contributed by atoms with Crippen LogP contribution >= 0.6 is 0 Å². The fourth-order valence-electron chi connectivity index (χ4n) is 1.79. The van der Waals surface area contributed by atoms with Crippen molar-refractivity contribution in [1.82, 2.24) is 5.32 Å². The van der Waals surface area contributed by atoms with Crippen molar-refractivity contribution < 1.29 is 14.7 Å². The highest BCUT2D eigenvalue weighted by Crippen LogP contribution is 2.10. The van der Waals surface area contributed by atoms with Crippen LogP contribution in [0.4, 0.5) is 5.69 Å². The summed E-state index contributed by atoms with van der Waals surface area (Å²) in [5, 5.41) is 14.6. The van der Waals surface area contributed by atoms with Gasteiger partial charge in [0.05, 0.1) is 6.42 Å². The summed E-state index contributed by atoms with van der Waals surface area (Å²) >= 11 is 0. The van der Waals surface area contributed by atoms with Crippen molar-refractivity contribution >= 4 is 17.6 Å². The molecule has 0 saturated heterocycles. The molecule has 5 nitrogen and oxygen atoms in total. The number of benzene rings is 1. The van der Waals surface area contributed by atoms with E-state index < -0.39 is 12.0 Å². The van der Waals surface area contributed by atoms with Crippen LogP contribution < -0.4 is 10.6 Å². The first-order valence-electron chi connectivity index (χ1n) is 6.91. The molecule has 0 spiro atoms. The maximum atomic E-state index is 11.8. The summed E-state index contributed by atoms with van der Waals surface area (Å²) in [7, 11) is 0. The number of rotatable bonds is 8. The molecular weight excluding hydrogens is 256 g/mol. The van der Waals surface area contributed by atoms with E-state index in [1.165, 1.54) is 5.56 Å². The normalized spacial score (nSPS) is 11.9. The Labute approximate surface area is 119 Å². The Hall–Kier alpha value is -1.88. The third-order valence-electron chi connectivity index (χ3n) is 2.97. The number of anilines is 1. The molecule has 0 bridgehead atoms. The first-order chi connectivity index (χ1) is 9.56. The Bertz CT molecular complexity index is 443. The number of carboxylic acids is 1. The standard InChI is InChI=1S/C15H22N2O3/c1-3-9-16-13(15(19)20)10-14(18)17-12-7-5-11(4-2)6-8-12/h5-8,13,16H,3-4,9-10H2,1-2H3,(H,17,18)(H,19,20). The van der Waals surface area contributed by atoms with Crippen LogP contribution in [0.5, 0.6) is 0 Å². The minimum atomic E-state index is -1.00. The third kappa shape index (κ3) is 5.40. The van der Waals surface area contributed by atoms with Crippen molar-refractivity contribution in [2.45, 2.75) is 39.2 Å². The second-order valence-electron chi connectivity index (χ2n) is 4.65. The van der Waals surface area contributed by atoms with Gasteiger partial charge in [0.15, 0.2) is 0 Å². The lowest BCUT2D eigenvalue weighted by Crippen LogP contribution is -2.40. The molecule has 1 rings (SSSR count). The molecule has 0 aliphatic carbocycles. The summed E-state index contributed by atoms with van der Waals surface area (Å²) in [6.07, 6.45) is 1.69. The smallest absolute Gasteiger partial charge is 0.321 e. The van der Waals surface area contributed by atoms with E-state index in [-0.39, 0.29) is 12.3 Å². The SMILES string of the molecule is CCCNC(CC(=O)Nc1ccc(CC)cc1)C(=O)O. The molecule has 0 aliphatic heterocycles. The zero-order chi connectivity index (χ0) is 15.0. The number of carboxylic acid groups (broad SMARTS) is 1. The Morgan fingerprint density at radius 3 is 2.35 bits per heavy atom. The molecule has 1 atom stereocenters. The third-order valence-corrected chi connectivity index (χ3v) is 2.97. The molecule has 0 aliphatic rings. The molecule has 1 aromatic rings. The van der Waals surface area contributed by atoms with Gasteiger partial charge in [-0.15, -0.1) is 0 Å². The van der Waals surface area contributed by atoms with Crippen molar-refractivity contribution in [1.29, 1.82) is 0 Å². The largest absolute Gasteiger partial charge is 0.480 e. The van der Waals surface area contributed by atoms with E-state index in [1.807, 2.05) is 31.2 Å². The van der Waals surface area contributed by atoms with Crippen LogP contribution in [0.1, 0.15) is 32.3 Å². The van der Waals surface area contributed by atoms with Crippen molar-refractivity contribution in [2.24, 2.45) is 0 Å². The quantitative estimate of drug-likeness (QED) is 0.680. The molecular formula is C15H22N2O3. The Kier molecular flexibility index (Phi) is 6.73. The lowest BCUT2D eigenvalue weighted by Gasteiger charge is -2.13. The highest BCUT2D eigenvalue weighted by atomic mass is 16.4. The van der Waals surface area contributed by atoms with E-state index in [2.05, 4.69) is 17.6 Å². The zero-order valence-corrected chi connectivity index (χ0v) is 12.0. The van der Waals surface area contributed by atoms with Gasteiger partial charge in [-0.1, -0.05) is 26.0 Å². The summed E-state index contributed by atoms with van der Waals surface area (Å²) in [6.45, 7) is 4.58. The summed E-state index contributed by atoms with van der Waals surface area (Å²) in [6, 6.07) is 6.70. The second-order valence-corrected chi connectivity index (χ2v) is 4.65. The number of hydrogen-bond acceptors (Lipinski definition) is 3. The van der Waals surface area contributed by atoms with Gasteiger partial charge in [0, 0.05) is 5.69 Å². The van der Waals surface area contributed by atoms with Crippen LogP contribution in [0.25, 0.3) is 0 Å². The maximum absolute atomic E-state index is 11.8. The van der Waals surface area contributed by atoms with E-state index >= 15 is 0 Å². The predicted molar refractivity (Wildman–Crippen MR) is 78.8 cm³/mol. The number of carbonyl (C=O) groups excluding carboxylic acids is 1. The molecule has 3 N–H and O–H groups in total. The summed E-state index contributed by atoms with van der Waals surface area (Å²) < 4.78 is 0. The predicted octanol–water partition coefficient (Wildman–Crippen LogP) is 2.03. The molecule has 20 heavy (non-hydrogen) atoms. The van der Waals surface area contributed by atoms with Crippen LogP contribution in [-0.4, -0.2) is 29.6 Å². The average Bonchev–Trinajstić information content (AvgIpc) is 2.44. The number of amides is 1. The lowest BCUT2D eigenvalue weighted by atomic mass is 10.1. The molecule has 0 radical (unpaired) electrons. The number of carbonyl (C=O) groups is 2. The van der Waals surface area contributed by atoms with Crippen LogP contribution in [0.15, 0.2) is 24.3 Å². The van der Waals surface area contributed by atoms with Gasteiger partial charge in [-0.3, -0.25) is 9.59 Å². The van der Waals surface area contributed by atoms with E-state index in [9.17, 15) is 9.59 Å². The van der Waals surface area contributed by atoms with E-state index in [1.54, 1.807) is 0 Å². The highest BCUT2D eigenvalue weighted by molar-refractivity contribution is 5.94. The molecule has 1 amide bonds. The van der Waals surface area contributed by atoms with Crippen LogP contribution in [-0.2, 0) is 16.0 Å². The van der Waals surface area contributed by atoms with Crippen molar-refractivity contribution in [3.05, 3.63) is 29.8 Å².